The fourth-order valence-electron chi connectivity index (χ4n) is 6.52. The second-order valence-electron chi connectivity index (χ2n) is 10.4. The Morgan fingerprint density at radius 1 is 1.00 bits per heavy atom. The number of rotatable bonds is 0. The van der Waals surface area contributed by atoms with Gasteiger partial charge in [0.05, 0.1) is 29.0 Å². The molecule has 4 atom stereocenters. The van der Waals surface area contributed by atoms with Crippen molar-refractivity contribution >= 4 is 11.0 Å². The van der Waals surface area contributed by atoms with E-state index in [0.717, 1.165) is 36.4 Å². The molecule has 174 valence electrons. The van der Waals surface area contributed by atoms with Crippen molar-refractivity contribution in [3.8, 4) is 11.1 Å². The fourth-order valence-corrected chi connectivity index (χ4v) is 6.52. The van der Waals surface area contributed by atoms with Crippen molar-refractivity contribution in [3.05, 3.63) is 71.3 Å². The van der Waals surface area contributed by atoms with E-state index in [1.807, 2.05) is 0 Å². The Labute approximate surface area is 199 Å². The number of nitrogens with zero attached hydrogens (tertiary/aromatic N) is 4. The van der Waals surface area contributed by atoms with E-state index in [0.29, 0.717) is 17.9 Å². The molecular weight excluding hydrogens is 422 g/mol. The molecule has 4 aromatic rings. The minimum atomic E-state index is 0.176. The Bertz CT molecular complexity index is 1370. The molecule has 2 aromatic carbocycles. The highest BCUT2D eigenvalue weighted by Crippen LogP contribution is 2.45. The summed E-state index contributed by atoms with van der Waals surface area (Å²) >= 11 is 0. The number of nitrogens with one attached hydrogen (secondary N) is 3. The van der Waals surface area contributed by atoms with Gasteiger partial charge in [0, 0.05) is 31.7 Å². The minimum Gasteiger partial charge on any atom is -0.341 e. The number of H-pyrrole nitrogens is 1. The molecule has 7 nitrogen and oxygen atoms in total. The first-order valence-electron chi connectivity index (χ1n) is 12.4. The van der Waals surface area contributed by atoms with Crippen LogP contribution in [0.15, 0.2) is 48.7 Å². The van der Waals surface area contributed by atoms with Gasteiger partial charge in [-0.1, -0.05) is 30.3 Å². The molecule has 6 bridgehead atoms. The molecule has 4 heterocycles. The van der Waals surface area contributed by atoms with Gasteiger partial charge in [0.25, 0.3) is 0 Å². The topological polar surface area (TPSA) is 73.8 Å². The first-order chi connectivity index (χ1) is 16.6. The summed E-state index contributed by atoms with van der Waals surface area (Å²) in [6.45, 7) is 1.79. The van der Waals surface area contributed by atoms with Crippen molar-refractivity contribution in [3.63, 3.8) is 0 Å². The van der Waals surface area contributed by atoms with Crippen molar-refractivity contribution in [2.24, 2.45) is 13.0 Å². The molecule has 34 heavy (non-hydrogen) atoms. The molecule has 2 aromatic heterocycles. The lowest BCUT2D eigenvalue weighted by Gasteiger charge is -2.33. The van der Waals surface area contributed by atoms with Crippen LogP contribution < -0.4 is 10.9 Å². The number of hydrazine groups is 1. The Kier molecular flexibility index (Phi) is 4.65. The zero-order valence-electron chi connectivity index (χ0n) is 19.8. The molecule has 1 saturated heterocycles. The maximum absolute atomic E-state index is 5.18. The smallest absolute Gasteiger partial charge is 0.126 e. The van der Waals surface area contributed by atoms with Crippen LogP contribution in [0.5, 0.6) is 0 Å². The third kappa shape index (κ3) is 3.22. The molecule has 4 unspecified atom stereocenters. The molecule has 7 heteroatoms. The van der Waals surface area contributed by atoms with Crippen molar-refractivity contribution in [2.75, 3.05) is 7.05 Å². The number of benzene rings is 2. The average molecular weight is 454 g/mol. The van der Waals surface area contributed by atoms with Crippen LogP contribution in [0.3, 0.4) is 0 Å². The molecule has 1 aliphatic carbocycles. The second kappa shape index (κ2) is 7.77. The Hall–Kier alpha value is -3.00. The molecule has 0 radical (unpaired) electrons. The number of hydrogen-bond donors (Lipinski definition) is 3. The summed E-state index contributed by atoms with van der Waals surface area (Å²) in [5.41, 5.74) is 15.8. The predicted octanol–water partition coefficient (Wildman–Crippen LogP) is 4.01. The summed E-state index contributed by atoms with van der Waals surface area (Å²) < 4.78 is 2.08. The summed E-state index contributed by atoms with van der Waals surface area (Å²) in [6, 6.07) is 16.0. The predicted molar refractivity (Wildman–Crippen MR) is 133 cm³/mol. The van der Waals surface area contributed by atoms with Crippen LogP contribution in [0.2, 0.25) is 0 Å². The first kappa shape index (κ1) is 20.4. The van der Waals surface area contributed by atoms with E-state index in [2.05, 4.69) is 88.2 Å². The molecule has 1 saturated carbocycles. The van der Waals surface area contributed by atoms with E-state index < -0.39 is 0 Å². The standard InChI is InChI=1S/C27H31N7/c1-33-14-16-5-3-6-17(11-16)19-7-4-8-23-25(19)30-27(29-23)26-20-12-18(9-10-22(20)31-32-26)21-13-28-34(2)24(21)15-33/h3-8,11,13,18,20,22,26,31-32H,9-10,12,14-15H2,1-2H3,(H,29,30). The summed E-state index contributed by atoms with van der Waals surface area (Å²) in [5, 5.41) is 4.69. The van der Waals surface area contributed by atoms with Gasteiger partial charge in [-0.3, -0.25) is 15.0 Å². The van der Waals surface area contributed by atoms with Gasteiger partial charge in [0.15, 0.2) is 0 Å². The van der Waals surface area contributed by atoms with Gasteiger partial charge < -0.3 is 4.98 Å². The molecule has 0 amide bonds. The molecule has 3 N–H and O–H groups in total. The largest absolute Gasteiger partial charge is 0.341 e. The van der Waals surface area contributed by atoms with E-state index >= 15 is 0 Å². The highest BCUT2D eigenvalue weighted by atomic mass is 15.4. The lowest BCUT2D eigenvalue weighted by Crippen LogP contribution is -2.35. The van der Waals surface area contributed by atoms with Crippen LogP contribution in [0.25, 0.3) is 22.2 Å². The quantitative estimate of drug-likeness (QED) is 0.375. The van der Waals surface area contributed by atoms with E-state index in [9.17, 15) is 0 Å². The van der Waals surface area contributed by atoms with Gasteiger partial charge in [-0.05, 0) is 67.0 Å². The maximum Gasteiger partial charge on any atom is 0.126 e. The number of hydrogen-bond acceptors (Lipinski definition) is 5. The van der Waals surface area contributed by atoms with Crippen LogP contribution in [-0.4, -0.2) is 37.7 Å². The third-order valence-electron chi connectivity index (χ3n) is 8.22. The van der Waals surface area contributed by atoms with E-state index in [-0.39, 0.29) is 6.04 Å². The normalized spacial score (nSPS) is 26.8. The summed E-state index contributed by atoms with van der Waals surface area (Å²) in [7, 11) is 4.30. The van der Waals surface area contributed by atoms with Crippen molar-refractivity contribution < 1.29 is 0 Å². The highest BCUT2D eigenvalue weighted by Gasteiger charge is 2.43. The number of aryl methyl sites for hydroxylation is 1. The fraction of sp³-hybridized carbons (Fsp3) is 0.407. The van der Waals surface area contributed by atoms with Gasteiger partial charge in [0.2, 0.25) is 0 Å². The van der Waals surface area contributed by atoms with Crippen LogP contribution in [0.4, 0.5) is 0 Å². The number of aromatic amines is 1. The van der Waals surface area contributed by atoms with Crippen molar-refractivity contribution in [2.45, 2.75) is 50.4 Å². The Morgan fingerprint density at radius 3 is 2.85 bits per heavy atom. The monoisotopic (exact) mass is 453 g/mol. The van der Waals surface area contributed by atoms with Crippen LogP contribution in [0.1, 0.15) is 53.9 Å². The van der Waals surface area contributed by atoms with Gasteiger partial charge >= 0.3 is 0 Å². The Morgan fingerprint density at radius 2 is 1.91 bits per heavy atom. The molecule has 0 spiro atoms. The van der Waals surface area contributed by atoms with Crippen LogP contribution in [0, 0.1) is 5.92 Å². The number of imidazole rings is 1. The lowest BCUT2D eigenvalue weighted by atomic mass is 9.73. The molecule has 2 aliphatic heterocycles. The van der Waals surface area contributed by atoms with Gasteiger partial charge in [-0.2, -0.15) is 5.10 Å². The van der Waals surface area contributed by atoms with Crippen molar-refractivity contribution in [1.29, 1.82) is 0 Å². The molecule has 3 aliphatic rings. The van der Waals surface area contributed by atoms with E-state index in [1.165, 1.54) is 40.8 Å². The van der Waals surface area contributed by atoms with E-state index in [4.69, 9.17) is 10.1 Å². The highest BCUT2D eigenvalue weighted by molar-refractivity contribution is 5.92. The zero-order chi connectivity index (χ0) is 22.8. The molecular formula is C27H31N7. The zero-order valence-corrected chi connectivity index (χ0v) is 19.8. The number of aromatic nitrogens is 4. The van der Waals surface area contributed by atoms with Crippen molar-refractivity contribution in [1.82, 2.24) is 35.5 Å². The first-order valence-corrected chi connectivity index (χ1v) is 12.4. The van der Waals surface area contributed by atoms with E-state index in [1.54, 1.807) is 0 Å². The lowest BCUT2D eigenvalue weighted by molar-refractivity contribution is 0.269. The van der Waals surface area contributed by atoms with Gasteiger partial charge in [0.1, 0.15) is 5.82 Å². The van der Waals surface area contributed by atoms with Crippen LogP contribution >= 0.6 is 0 Å². The molecule has 7 rings (SSSR count). The summed E-state index contributed by atoms with van der Waals surface area (Å²) in [4.78, 5) is 11.3. The van der Waals surface area contributed by atoms with Crippen LogP contribution in [-0.2, 0) is 20.1 Å². The summed E-state index contributed by atoms with van der Waals surface area (Å²) in [6.07, 6.45) is 5.62. The van der Waals surface area contributed by atoms with Gasteiger partial charge in [-0.25, -0.2) is 10.4 Å². The van der Waals surface area contributed by atoms with Gasteiger partial charge in [-0.15, -0.1) is 0 Å². The minimum absolute atomic E-state index is 0.176. The maximum atomic E-state index is 5.18. The molecule has 2 fully saturated rings. The Balaban J connectivity index is 1.40. The number of fused-ring (bicyclic) bond motifs is 8. The average Bonchev–Trinajstić information content (AvgIpc) is 3.55. The third-order valence-corrected chi connectivity index (χ3v) is 8.22. The summed E-state index contributed by atoms with van der Waals surface area (Å²) in [5.74, 6) is 2.06. The number of para-hydroxylation sites is 1. The second-order valence-corrected chi connectivity index (χ2v) is 10.4. The SMILES string of the molecule is CN1Cc2cccc(c2)-c2cccc3[nH]c(nc23)C2NNC3CCC(CC32)c2cnn(C)c2C1.